The summed E-state index contributed by atoms with van der Waals surface area (Å²) in [6, 6.07) is 1.50. The number of hydrogen-bond donors (Lipinski definition) is 0. The summed E-state index contributed by atoms with van der Waals surface area (Å²) >= 11 is 1.46. The first-order chi connectivity index (χ1) is 9.17. The smallest absolute Gasteiger partial charge is 0.275 e. The molecule has 0 aromatic carbocycles. The predicted molar refractivity (Wildman–Crippen MR) is 74.1 cm³/mol. The third-order valence-electron chi connectivity index (χ3n) is 3.23. The molecule has 0 spiro atoms. The molecule has 0 bridgehead atoms. The summed E-state index contributed by atoms with van der Waals surface area (Å²) in [6.07, 6.45) is 1.23. The number of ether oxygens (including phenoxy) is 1. The van der Waals surface area contributed by atoms with Gasteiger partial charge in [-0.05, 0) is 13.3 Å². The summed E-state index contributed by atoms with van der Waals surface area (Å²) in [4.78, 5) is 19.0. The van der Waals surface area contributed by atoms with E-state index in [1.54, 1.807) is 0 Å². The van der Waals surface area contributed by atoms with Crippen LogP contribution in [0, 0.1) is 6.92 Å². The minimum Gasteiger partial charge on any atom is -0.375 e. The minimum atomic E-state index is -0.120. The Morgan fingerprint density at radius 2 is 2.42 bits per heavy atom. The van der Waals surface area contributed by atoms with Crippen molar-refractivity contribution in [2.75, 3.05) is 24.6 Å². The fourth-order valence-electron chi connectivity index (χ4n) is 2.18. The summed E-state index contributed by atoms with van der Waals surface area (Å²) in [5.74, 6) is 0. The van der Waals surface area contributed by atoms with Gasteiger partial charge in [-0.3, -0.25) is 4.79 Å². The second-order valence-corrected chi connectivity index (χ2v) is 5.60. The van der Waals surface area contributed by atoms with E-state index in [4.69, 9.17) is 4.74 Å². The Hall–Kier alpha value is -1.47. The zero-order valence-corrected chi connectivity index (χ0v) is 11.8. The van der Waals surface area contributed by atoms with Crippen LogP contribution in [0.2, 0.25) is 0 Å². The third kappa shape index (κ3) is 2.35. The van der Waals surface area contributed by atoms with E-state index in [0.29, 0.717) is 11.6 Å². The van der Waals surface area contributed by atoms with Crippen molar-refractivity contribution in [3.8, 4) is 0 Å². The van der Waals surface area contributed by atoms with E-state index in [1.807, 2.05) is 6.92 Å². The van der Waals surface area contributed by atoms with Gasteiger partial charge in [-0.25, -0.2) is 4.98 Å². The van der Waals surface area contributed by atoms with Crippen molar-refractivity contribution in [3.63, 3.8) is 0 Å². The van der Waals surface area contributed by atoms with Crippen molar-refractivity contribution in [1.82, 2.24) is 14.6 Å². The maximum atomic E-state index is 11.8. The maximum absolute atomic E-state index is 11.8. The SMILES string of the molecule is CCC1CN(c2nn3c(=O)cc(C)nc3s2)CCO1. The van der Waals surface area contributed by atoms with Crippen LogP contribution in [-0.2, 0) is 4.74 Å². The van der Waals surface area contributed by atoms with Gasteiger partial charge in [0.25, 0.3) is 5.56 Å². The number of morpholine rings is 1. The molecule has 1 aliphatic heterocycles. The molecule has 19 heavy (non-hydrogen) atoms. The fraction of sp³-hybridized carbons (Fsp3) is 0.583. The highest BCUT2D eigenvalue weighted by atomic mass is 32.1. The van der Waals surface area contributed by atoms with Crippen LogP contribution in [0.3, 0.4) is 0 Å². The quantitative estimate of drug-likeness (QED) is 0.823. The lowest BCUT2D eigenvalue weighted by Crippen LogP contribution is -2.42. The first-order valence-corrected chi connectivity index (χ1v) is 7.23. The van der Waals surface area contributed by atoms with Gasteiger partial charge in [-0.1, -0.05) is 18.3 Å². The Labute approximate surface area is 114 Å². The molecule has 1 saturated heterocycles. The van der Waals surface area contributed by atoms with Gasteiger partial charge in [0.15, 0.2) is 0 Å². The molecule has 0 saturated carbocycles. The van der Waals surface area contributed by atoms with Crippen molar-refractivity contribution in [2.45, 2.75) is 26.4 Å². The molecule has 3 rings (SSSR count). The van der Waals surface area contributed by atoms with Gasteiger partial charge in [-0.15, -0.1) is 5.10 Å². The van der Waals surface area contributed by atoms with E-state index in [0.717, 1.165) is 30.3 Å². The molecular formula is C12H16N4O2S. The van der Waals surface area contributed by atoms with Crippen LogP contribution in [0.15, 0.2) is 10.9 Å². The highest BCUT2D eigenvalue weighted by Gasteiger charge is 2.22. The lowest BCUT2D eigenvalue weighted by atomic mass is 10.2. The van der Waals surface area contributed by atoms with Crippen molar-refractivity contribution < 1.29 is 4.74 Å². The van der Waals surface area contributed by atoms with Crippen LogP contribution in [-0.4, -0.2) is 40.4 Å². The van der Waals surface area contributed by atoms with Crippen LogP contribution in [0.1, 0.15) is 19.0 Å². The molecule has 102 valence electrons. The molecule has 0 radical (unpaired) electrons. The first-order valence-electron chi connectivity index (χ1n) is 6.41. The van der Waals surface area contributed by atoms with Crippen molar-refractivity contribution in [1.29, 1.82) is 0 Å². The monoisotopic (exact) mass is 280 g/mol. The van der Waals surface area contributed by atoms with Gasteiger partial charge in [0.2, 0.25) is 10.1 Å². The van der Waals surface area contributed by atoms with E-state index in [-0.39, 0.29) is 11.7 Å². The van der Waals surface area contributed by atoms with E-state index in [2.05, 4.69) is 21.9 Å². The van der Waals surface area contributed by atoms with Gasteiger partial charge in [-0.2, -0.15) is 4.52 Å². The lowest BCUT2D eigenvalue weighted by Gasteiger charge is -2.31. The molecule has 1 atom stereocenters. The van der Waals surface area contributed by atoms with E-state index >= 15 is 0 Å². The van der Waals surface area contributed by atoms with Crippen LogP contribution < -0.4 is 10.5 Å². The van der Waals surface area contributed by atoms with Crippen LogP contribution in [0.4, 0.5) is 5.13 Å². The molecule has 6 nitrogen and oxygen atoms in total. The van der Waals surface area contributed by atoms with Crippen LogP contribution >= 0.6 is 11.3 Å². The topological polar surface area (TPSA) is 59.7 Å². The fourth-order valence-corrected chi connectivity index (χ4v) is 3.17. The standard InChI is InChI=1S/C12H16N4O2S/c1-3-9-7-15(4-5-18-9)12-14-16-10(17)6-8(2)13-11(16)19-12/h6,9H,3-5,7H2,1-2H3. The average Bonchev–Trinajstić information content (AvgIpc) is 2.83. The number of anilines is 1. The molecule has 1 unspecified atom stereocenters. The zero-order chi connectivity index (χ0) is 13.4. The average molecular weight is 280 g/mol. The number of aryl methyl sites for hydroxylation is 1. The molecule has 2 aromatic rings. The van der Waals surface area contributed by atoms with Gasteiger partial charge in [0, 0.05) is 24.8 Å². The summed E-state index contributed by atoms with van der Waals surface area (Å²) in [5, 5.41) is 5.22. The van der Waals surface area contributed by atoms with Crippen molar-refractivity contribution in [3.05, 3.63) is 22.1 Å². The summed E-state index contributed by atoms with van der Waals surface area (Å²) in [7, 11) is 0. The van der Waals surface area contributed by atoms with Crippen molar-refractivity contribution >= 4 is 21.4 Å². The predicted octanol–water partition coefficient (Wildman–Crippen LogP) is 1.07. The second kappa shape index (κ2) is 4.90. The number of aromatic nitrogens is 3. The van der Waals surface area contributed by atoms with Gasteiger partial charge in [0.1, 0.15) is 0 Å². The second-order valence-electron chi connectivity index (χ2n) is 4.66. The Bertz CT molecular complexity index is 651. The van der Waals surface area contributed by atoms with Gasteiger partial charge >= 0.3 is 0 Å². The molecule has 0 aliphatic carbocycles. The number of hydrogen-bond acceptors (Lipinski definition) is 6. The van der Waals surface area contributed by atoms with E-state index in [9.17, 15) is 4.79 Å². The number of nitrogens with zero attached hydrogens (tertiary/aromatic N) is 4. The Morgan fingerprint density at radius 3 is 3.21 bits per heavy atom. The molecule has 1 aliphatic rings. The Balaban J connectivity index is 1.97. The van der Waals surface area contributed by atoms with Crippen LogP contribution in [0.5, 0.6) is 0 Å². The third-order valence-corrected chi connectivity index (χ3v) is 4.20. The summed E-state index contributed by atoms with van der Waals surface area (Å²) in [5.41, 5.74) is 0.610. The highest BCUT2D eigenvalue weighted by molar-refractivity contribution is 7.20. The lowest BCUT2D eigenvalue weighted by molar-refractivity contribution is 0.0383. The molecule has 2 aromatic heterocycles. The largest absolute Gasteiger partial charge is 0.375 e. The normalized spacial score (nSPS) is 20.1. The molecular weight excluding hydrogens is 264 g/mol. The number of fused-ring (bicyclic) bond motifs is 1. The van der Waals surface area contributed by atoms with Crippen molar-refractivity contribution in [2.24, 2.45) is 0 Å². The minimum absolute atomic E-state index is 0.120. The Morgan fingerprint density at radius 1 is 1.58 bits per heavy atom. The summed E-state index contributed by atoms with van der Waals surface area (Å²) < 4.78 is 7.03. The highest BCUT2D eigenvalue weighted by Crippen LogP contribution is 2.23. The molecule has 7 heteroatoms. The number of rotatable bonds is 2. The molecule has 3 heterocycles. The molecule has 1 fully saturated rings. The molecule has 0 N–H and O–H groups in total. The zero-order valence-electron chi connectivity index (χ0n) is 11.0. The van der Waals surface area contributed by atoms with E-state index < -0.39 is 0 Å². The summed E-state index contributed by atoms with van der Waals surface area (Å²) in [6.45, 7) is 6.27. The Kier molecular flexibility index (Phi) is 3.24. The maximum Gasteiger partial charge on any atom is 0.275 e. The van der Waals surface area contributed by atoms with E-state index in [1.165, 1.54) is 21.9 Å². The molecule has 0 amide bonds. The first kappa shape index (κ1) is 12.6. The van der Waals surface area contributed by atoms with Gasteiger partial charge < -0.3 is 9.64 Å². The van der Waals surface area contributed by atoms with Gasteiger partial charge in [0.05, 0.1) is 12.7 Å². The van der Waals surface area contributed by atoms with Crippen LogP contribution in [0.25, 0.3) is 4.96 Å².